The number of nitrogens with zero attached hydrogens (tertiary/aromatic N) is 1. The Balaban J connectivity index is 2.49. The Hall–Kier alpha value is -2.66. The first-order valence-corrected chi connectivity index (χ1v) is 7.03. The quantitative estimate of drug-likeness (QED) is 0.851. The van der Waals surface area contributed by atoms with Crippen LogP contribution in [0.25, 0.3) is 0 Å². The monoisotopic (exact) mass is 310 g/mol. The predicted octanol–water partition coefficient (Wildman–Crippen LogP) is 2.34. The van der Waals surface area contributed by atoms with Crippen molar-refractivity contribution in [3.63, 3.8) is 0 Å². The fourth-order valence-corrected chi connectivity index (χ4v) is 2.86. The average Bonchev–Trinajstić information content (AvgIpc) is 2.41. The van der Waals surface area contributed by atoms with Crippen molar-refractivity contribution in [1.29, 1.82) is 5.26 Å². The predicted molar refractivity (Wildman–Crippen MR) is 70.0 cm³/mol. The van der Waals surface area contributed by atoms with Gasteiger partial charge in [0.05, 0.1) is 5.69 Å². The molecule has 2 aromatic rings. The normalized spacial score (nSPS) is 10.9. The van der Waals surface area contributed by atoms with E-state index in [1.54, 1.807) is 0 Å². The zero-order valence-electron chi connectivity index (χ0n) is 10.3. The van der Waals surface area contributed by atoms with Gasteiger partial charge in [0.2, 0.25) is 0 Å². The molecule has 0 aliphatic rings. The maximum atomic E-state index is 13.5. The topological polar surface area (TPSA) is 90.2 Å². The molecule has 0 aliphatic heterocycles. The van der Waals surface area contributed by atoms with E-state index in [9.17, 15) is 17.2 Å². The second-order valence-electron chi connectivity index (χ2n) is 3.99. The molecule has 0 saturated heterocycles. The third-order valence-corrected chi connectivity index (χ3v) is 3.98. The molecule has 0 aliphatic carbocycles. The van der Waals surface area contributed by atoms with Crippen molar-refractivity contribution in [2.24, 2.45) is 0 Å². The SMILES string of the molecule is N#Cc1c(F)cccc1S(=O)(=O)Nc1ccc(O)cc1F. The first kappa shape index (κ1) is 14.7. The summed E-state index contributed by atoms with van der Waals surface area (Å²) in [5, 5.41) is 17.9. The molecule has 21 heavy (non-hydrogen) atoms. The molecule has 0 unspecified atom stereocenters. The van der Waals surface area contributed by atoms with Crippen LogP contribution in [0.15, 0.2) is 41.3 Å². The molecule has 2 rings (SSSR count). The maximum Gasteiger partial charge on any atom is 0.263 e. The lowest BCUT2D eigenvalue weighted by atomic mass is 10.2. The lowest BCUT2D eigenvalue weighted by molar-refractivity contribution is 0.469. The molecule has 0 bridgehead atoms. The number of phenolic OH excluding ortho intramolecular Hbond substituents is 1. The second kappa shape index (κ2) is 5.38. The minimum atomic E-state index is -4.35. The molecular weight excluding hydrogens is 302 g/mol. The van der Waals surface area contributed by atoms with Crippen LogP contribution in [0.2, 0.25) is 0 Å². The van der Waals surface area contributed by atoms with Crippen LogP contribution in [0.1, 0.15) is 5.56 Å². The van der Waals surface area contributed by atoms with Gasteiger partial charge in [-0.3, -0.25) is 4.72 Å². The molecule has 2 N–H and O–H groups in total. The van der Waals surface area contributed by atoms with E-state index in [-0.39, 0.29) is 5.75 Å². The highest BCUT2D eigenvalue weighted by Gasteiger charge is 2.22. The standard InChI is InChI=1S/C13H8F2N2O3S/c14-10-2-1-3-13(9(10)7-16)21(19,20)17-12-5-4-8(18)6-11(12)15/h1-6,17-18H. The van der Waals surface area contributed by atoms with Crippen LogP contribution >= 0.6 is 0 Å². The molecule has 8 heteroatoms. The molecule has 0 atom stereocenters. The number of rotatable bonds is 3. The first-order chi connectivity index (χ1) is 9.85. The summed E-state index contributed by atoms with van der Waals surface area (Å²) in [6.07, 6.45) is 0. The molecule has 0 amide bonds. The van der Waals surface area contributed by atoms with Gasteiger partial charge in [0.15, 0.2) is 5.82 Å². The van der Waals surface area contributed by atoms with E-state index in [1.165, 1.54) is 6.07 Å². The Bertz CT molecular complexity index is 845. The Morgan fingerprint density at radius 2 is 1.86 bits per heavy atom. The van der Waals surface area contributed by atoms with Gasteiger partial charge >= 0.3 is 0 Å². The van der Waals surface area contributed by atoms with Crippen LogP contribution in [-0.4, -0.2) is 13.5 Å². The summed E-state index contributed by atoms with van der Waals surface area (Å²) in [6.45, 7) is 0. The summed E-state index contributed by atoms with van der Waals surface area (Å²) in [7, 11) is -4.35. The Labute approximate surface area is 119 Å². The molecule has 0 fully saturated rings. The minimum absolute atomic E-state index is 0.376. The van der Waals surface area contributed by atoms with E-state index in [0.29, 0.717) is 6.07 Å². The number of benzene rings is 2. The summed E-state index contributed by atoms with van der Waals surface area (Å²) < 4.78 is 53.1. The molecule has 0 heterocycles. The highest BCUT2D eigenvalue weighted by Crippen LogP contribution is 2.24. The number of aromatic hydroxyl groups is 1. The molecule has 2 aromatic carbocycles. The van der Waals surface area contributed by atoms with Gasteiger partial charge in [-0.1, -0.05) is 6.07 Å². The number of hydrogen-bond acceptors (Lipinski definition) is 4. The van der Waals surface area contributed by atoms with Crippen molar-refractivity contribution in [3.8, 4) is 11.8 Å². The highest BCUT2D eigenvalue weighted by atomic mass is 32.2. The average molecular weight is 310 g/mol. The number of nitrogens with one attached hydrogen (secondary N) is 1. The smallest absolute Gasteiger partial charge is 0.263 e. The van der Waals surface area contributed by atoms with Gasteiger partial charge in [0.25, 0.3) is 10.0 Å². The summed E-state index contributed by atoms with van der Waals surface area (Å²) in [5.41, 5.74) is -1.09. The summed E-state index contributed by atoms with van der Waals surface area (Å²) in [4.78, 5) is -0.600. The van der Waals surface area contributed by atoms with Gasteiger partial charge in [0.1, 0.15) is 28.1 Å². The van der Waals surface area contributed by atoms with Gasteiger partial charge in [0, 0.05) is 6.07 Å². The van der Waals surface area contributed by atoms with Crippen molar-refractivity contribution in [2.75, 3.05) is 4.72 Å². The Morgan fingerprint density at radius 1 is 1.14 bits per heavy atom. The van der Waals surface area contributed by atoms with Crippen LogP contribution in [0.5, 0.6) is 5.75 Å². The molecule has 0 spiro atoms. The molecule has 108 valence electrons. The number of halogens is 2. The van der Waals surface area contributed by atoms with Crippen LogP contribution in [0.4, 0.5) is 14.5 Å². The van der Waals surface area contributed by atoms with Gasteiger partial charge in [-0.05, 0) is 24.3 Å². The number of nitriles is 1. The zero-order valence-corrected chi connectivity index (χ0v) is 11.2. The van der Waals surface area contributed by atoms with Crippen LogP contribution in [-0.2, 0) is 10.0 Å². The largest absolute Gasteiger partial charge is 0.508 e. The molecule has 0 saturated carbocycles. The number of phenols is 1. The van der Waals surface area contributed by atoms with E-state index in [0.717, 1.165) is 30.3 Å². The van der Waals surface area contributed by atoms with Crippen molar-refractivity contribution in [1.82, 2.24) is 0 Å². The lowest BCUT2D eigenvalue weighted by Crippen LogP contribution is -2.16. The fraction of sp³-hybridized carbons (Fsp3) is 0. The van der Waals surface area contributed by atoms with E-state index < -0.39 is 37.8 Å². The number of sulfonamides is 1. The second-order valence-corrected chi connectivity index (χ2v) is 5.65. The molecule has 0 aromatic heterocycles. The lowest BCUT2D eigenvalue weighted by Gasteiger charge is -2.10. The van der Waals surface area contributed by atoms with Crippen LogP contribution < -0.4 is 4.72 Å². The molecular formula is C13H8F2N2O3S. The van der Waals surface area contributed by atoms with Crippen LogP contribution in [0.3, 0.4) is 0 Å². The number of anilines is 1. The van der Waals surface area contributed by atoms with Crippen LogP contribution in [0, 0.1) is 23.0 Å². The minimum Gasteiger partial charge on any atom is -0.508 e. The van der Waals surface area contributed by atoms with Crippen molar-refractivity contribution in [3.05, 3.63) is 53.6 Å². The summed E-state index contributed by atoms with van der Waals surface area (Å²) in [5.74, 6) is -2.38. The van der Waals surface area contributed by atoms with Gasteiger partial charge < -0.3 is 5.11 Å². The molecule has 5 nitrogen and oxygen atoms in total. The Kier molecular flexibility index (Phi) is 3.78. The third-order valence-electron chi connectivity index (χ3n) is 2.57. The molecule has 0 radical (unpaired) electrons. The first-order valence-electron chi connectivity index (χ1n) is 5.55. The van der Waals surface area contributed by atoms with Gasteiger partial charge in [-0.25, -0.2) is 17.2 Å². The van der Waals surface area contributed by atoms with Gasteiger partial charge in [-0.2, -0.15) is 5.26 Å². The maximum absolute atomic E-state index is 13.5. The van der Waals surface area contributed by atoms with E-state index in [4.69, 9.17) is 10.4 Å². The number of hydrogen-bond donors (Lipinski definition) is 2. The summed E-state index contributed by atoms with van der Waals surface area (Å²) in [6, 6.07) is 7.35. The fourth-order valence-electron chi connectivity index (χ4n) is 1.62. The van der Waals surface area contributed by atoms with Crippen molar-refractivity contribution < 1.29 is 22.3 Å². The zero-order chi connectivity index (χ0) is 15.6. The van der Waals surface area contributed by atoms with Gasteiger partial charge in [-0.15, -0.1) is 0 Å². The van der Waals surface area contributed by atoms with Crippen molar-refractivity contribution >= 4 is 15.7 Å². The summed E-state index contributed by atoms with van der Waals surface area (Å²) >= 11 is 0. The Morgan fingerprint density at radius 3 is 2.48 bits per heavy atom. The van der Waals surface area contributed by atoms with E-state index >= 15 is 0 Å². The van der Waals surface area contributed by atoms with Crippen molar-refractivity contribution in [2.45, 2.75) is 4.90 Å². The highest BCUT2D eigenvalue weighted by molar-refractivity contribution is 7.92. The van der Waals surface area contributed by atoms with E-state index in [1.807, 2.05) is 4.72 Å². The third kappa shape index (κ3) is 2.93. The van der Waals surface area contributed by atoms with E-state index in [2.05, 4.69) is 0 Å².